The van der Waals surface area contributed by atoms with Crippen LogP contribution in [-0.2, 0) is 6.42 Å². The number of benzene rings is 1. The van der Waals surface area contributed by atoms with Crippen molar-refractivity contribution in [2.75, 3.05) is 14.2 Å². The van der Waals surface area contributed by atoms with Crippen molar-refractivity contribution in [3.63, 3.8) is 0 Å². The number of rotatable bonds is 5. The third-order valence-corrected chi connectivity index (χ3v) is 3.14. The van der Waals surface area contributed by atoms with E-state index in [1.165, 1.54) is 7.11 Å². The van der Waals surface area contributed by atoms with Crippen molar-refractivity contribution in [2.24, 2.45) is 0 Å². The molecule has 19 heavy (non-hydrogen) atoms. The monoisotopic (exact) mass is 262 g/mol. The van der Waals surface area contributed by atoms with Gasteiger partial charge in [0.05, 0.1) is 14.2 Å². The predicted octanol–water partition coefficient (Wildman–Crippen LogP) is 3.15. The number of hydrogen-bond acceptors (Lipinski definition) is 4. The van der Waals surface area contributed by atoms with E-state index in [1.807, 2.05) is 12.1 Å². The molecule has 0 aliphatic rings. The van der Waals surface area contributed by atoms with Crippen molar-refractivity contribution in [3.05, 3.63) is 34.2 Å². The number of fused-ring (bicyclic) bond motifs is 1. The summed E-state index contributed by atoms with van der Waals surface area (Å²) in [6.07, 6.45) is 2.97. The van der Waals surface area contributed by atoms with Crippen LogP contribution in [0, 0.1) is 0 Å². The third kappa shape index (κ3) is 2.57. The number of methoxy groups -OCH3 is 2. The van der Waals surface area contributed by atoms with Gasteiger partial charge in [0.1, 0.15) is 0 Å². The molecular formula is C15H18O4. The molecule has 1 heterocycles. The zero-order valence-corrected chi connectivity index (χ0v) is 11.5. The van der Waals surface area contributed by atoms with E-state index in [0.29, 0.717) is 17.1 Å². The van der Waals surface area contributed by atoms with Gasteiger partial charge in [-0.15, -0.1) is 0 Å². The van der Waals surface area contributed by atoms with Crippen molar-refractivity contribution >= 4 is 11.0 Å². The molecule has 2 aromatic rings. The van der Waals surface area contributed by atoms with Crippen LogP contribution in [0.15, 0.2) is 27.4 Å². The normalized spacial score (nSPS) is 10.7. The Morgan fingerprint density at radius 1 is 1.21 bits per heavy atom. The van der Waals surface area contributed by atoms with E-state index in [2.05, 4.69) is 6.92 Å². The molecule has 0 bridgehead atoms. The molecule has 102 valence electrons. The zero-order valence-electron chi connectivity index (χ0n) is 11.5. The lowest BCUT2D eigenvalue weighted by atomic mass is 10.0. The van der Waals surface area contributed by atoms with Gasteiger partial charge in [0, 0.05) is 11.5 Å². The van der Waals surface area contributed by atoms with Crippen LogP contribution in [0.2, 0.25) is 0 Å². The molecule has 1 aromatic heterocycles. The van der Waals surface area contributed by atoms with E-state index in [9.17, 15) is 4.79 Å². The van der Waals surface area contributed by atoms with Crippen LogP contribution in [0.25, 0.3) is 11.0 Å². The summed E-state index contributed by atoms with van der Waals surface area (Å²) in [6.45, 7) is 2.12. The van der Waals surface area contributed by atoms with Crippen molar-refractivity contribution in [3.8, 4) is 11.5 Å². The van der Waals surface area contributed by atoms with Crippen LogP contribution in [0.4, 0.5) is 0 Å². The lowest BCUT2D eigenvalue weighted by Gasteiger charge is -2.11. The molecule has 0 atom stereocenters. The first kappa shape index (κ1) is 13.5. The summed E-state index contributed by atoms with van der Waals surface area (Å²) < 4.78 is 15.8. The van der Waals surface area contributed by atoms with Gasteiger partial charge in [-0.05, 0) is 30.5 Å². The molecule has 2 rings (SSSR count). The highest BCUT2D eigenvalue weighted by molar-refractivity contribution is 5.88. The van der Waals surface area contributed by atoms with Crippen LogP contribution in [-0.4, -0.2) is 14.2 Å². The molecule has 0 aliphatic heterocycles. The Balaban J connectivity index is 2.69. The molecule has 0 saturated carbocycles. The minimum atomic E-state index is -0.356. The maximum atomic E-state index is 11.7. The summed E-state index contributed by atoms with van der Waals surface area (Å²) >= 11 is 0. The largest absolute Gasteiger partial charge is 0.493 e. The van der Waals surface area contributed by atoms with Crippen LogP contribution < -0.4 is 15.1 Å². The van der Waals surface area contributed by atoms with Gasteiger partial charge in [-0.1, -0.05) is 13.3 Å². The number of unbranched alkanes of at least 4 members (excludes halogenated alkanes) is 1. The van der Waals surface area contributed by atoms with E-state index in [0.717, 1.165) is 30.2 Å². The zero-order chi connectivity index (χ0) is 13.8. The van der Waals surface area contributed by atoms with E-state index in [1.54, 1.807) is 13.2 Å². The summed E-state index contributed by atoms with van der Waals surface area (Å²) in [4.78, 5) is 11.7. The maximum Gasteiger partial charge on any atom is 0.336 e. The quantitative estimate of drug-likeness (QED) is 0.777. The average molecular weight is 262 g/mol. The summed E-state index contributed by atoms with van der Waals surface area (Å²) in [6, 6.07) is 5.30. The fourth-order valence-electron chi connectivity index (χ4n) is 2.18. The SMILES string of the molecule is CCCCc1cc(=O)oc2c(OC)c(OC)ccc12. The summed E-state index contributed by atoms with van der Waals surface area (Å²) in [5.74, 6) is 1.03. The highest BCUT2D eigenvalue weighted by Gasteiger charge is 2.14. The molecule has 0 fully saturated rings. The molecule has 0 spiro atoms. The molecule has 0 unspecified atom stereocenters. The first-order chi connectivity index (χ1) is 9.21. The van der Waals surface area contributed by atoms with Gasteiger partial charge in [0.25, 0.3) is 0 Å². The number of aryl methyl sites for hydroxylation is 1. The molecular weight excluding hydrogens is 244 g/mol. The molecule has 0 amide bonds. The smallest absolute Gasteiger partial charge is 0.336 e. The van der Waals surface area contributed by atoms with Crippen molar-refractivity contribution in [1.82, 2.24) is 0 Å². The Kier molecular flexibility index (Phi) is 4.10. The Morgan fingerprint density at radius 3 is 2.63 bits per heavy atom. The first-order valence-corrected chi connectivity index (χ1v) is 6.39. The molecule has 0 N–H and O–H groups in total. The van der Waals surface area contributed by atoms with Crippen molar-refractivity contribution in [2.45, 2.75) is 26.2 Å². The first-order valence-electron chi connectivity index (χ1n) is 6.39. The van der Waals surface area contributed by atoms with Crippen molar-refractivity contribution < 1.29 is 13.9 Å². The van der Waals surface area contributed by atoms with Crippen LogP contribution in [0.5, 0.6) is 11.5 Å². The highest BCUT2D eigenvalue weighted by atomic mass is 16.5. The van der Waals surface area contributed by atoms with E-state index in [4.69, 9.17) is 13.9 Å². The van der Waals surface area contributed by atoms with Gasteiger partial charge < -0.3 is 13.9 Å². The van der Waals surface area contributed by atoms with Crippen molar-refractivity contribution in [1.29, 1.82) is 0 Å². The minimum Gasteiger partial charge on any atom is -0.493 e. The fraction of sp³-hybridized carbons (Fsp3) is 0.400. The average Bonchev–Trinajstić information content (AvgIpc) is 2.43. The molecule has 0 radical (unpaired) electrons. The Bertz CT molecular complexity index is 628. The maximum absolute atomic E-state index is 11.7. The fourth-order valence-corrected chi connectivity index (χ4v) is 2.18. The lowest BCUT2D eigenvalue weighted by molar-refractivity contribution is 0.352. The summed E-state index contributed by atoms with van der Waals surface area (Å²) in [5, 5.41) is 0.908. The van der Waals surface area contributed by atoms with E-state index < -0.39 is 0 Å². The summed E-state index contributed by atoms with van der Waals surface area (Å²) in [5.41, 5.74) is 1.10. The topological polar surface area (TPSA) is 48.7 Å². The Morgan fingerprint density at radius 2 is 2.00 bits per heavy atom. The molecule has 0 aliphatic carbocycles. The second-order valence-corrected chi connectivity index (χ2v) is 4.37. The third-order valence-electron chi connectivity index (χ3n) is 3.14. The number of hydrogen-bond donors (Lipinski definition) is 0. The molecule has 4 nitrogen and oxygen atoms in total. The Labute approximate surface area is 111 Å². The summed E-state index contributed by atoms with van der Waals surface area (Å²) in [7, 11) is 3.10. The molecule has 1 aromatic carbocycles. The predicted molar refractivity (Wildman–Crippen MR) is 74.2 cm³/mol. The van der Waals surface area contributed by atoms with Gasteiger partial charge in [0.15, 0.2) is 11.3 Å². The highest BCUT2D eigenvalue weighted by Crippen LogP contribution is 2.36. The minimum absolute atomic E-state index is 0.356. The van der Waals surface area contributed by atoms with Gasteiger partial charge in [-0.3, -0.25) is 0 Å². The van der Waals surface area contributed by atoms with E-state index >= 15 is 0 Å². The van der Waals surface area contributed by atoms with Gasteiger partial charge in [-0.2, -0.15) is 0 Å². The van der Waals surface area contributed by atoms with Crippen LogP contribution >= 0.6 is 0 Å². The van der Waals surface area contributed by atoms with Gasteiger partial charge in [-0.25, -0.2) is 4.79 Å². The second kappa shape index (κ2) is 5.78. The Hall–Kier alpha value is -1.97. The number of ether oxygens (including phenoxy) is 2. The second-order valence-electron chi connectivity index (χ2n) is 4.37. The van der Waals surface area contributed by atoms with Crippen LogP contribution in [0.1, 0.15) is 25.3 Å². The standard InChI is InChI=1S/C15H18O4/c1-4-5-6-10-9-13(16)19-14-11(10)7-8-12(17-2)15(14)18-3/h7-9H,4-6H2,1-3H3. The lowest BCUT2D eigenvalue weighted by Crippen LogP contribution is -2.02. The van der Waals surface area contributed by atoms with Gasteiger partial charge >= 0.3 is 5.63 Å². The van der Waals surface area contributed by atoms with Gasteiger partial charge in [0.2, 0.25) is 5.75 Å². The molecule has 4 heteroatoms. The van der Waals surface area contributed by atoms with E-state index in [-0.39, 0.29) is 5.63 Å². The molecule has 0 saturated heterocycles. The van der Waals surface area contributed by atoms with Crippen LogP contribution in [0.3, 0.4) is 0 Å².